The summed E-state index contributed by atoms with van der Waals surface area (Å²) in [7, 11) is 0. The van der Waals surface area contributed by atoms with Crippen LogP contribution >= 0.6 is 0 Å². The molecular weight excluding hydrogens is 306 g/mol. The van der Waals surface area contributed by atoms with Gasteiger partial charge in [0.1, 0.15) is 0 Å². The number of hydrogen-bond donors (Lipinski definition) is 0. The normalized spacial score (nSPS) is 20.2. The summed E-state index contributed by atoms with van der Waals surface area (Å²) in [5.74, 6) is 1.84. The molecular formula is C22H51N3. The molecule has 0 aromatic rings. The first kappa shape index (κ1) is 27.1. The van der Waals surface area contributed by atoms with Crippen molar-refractivity contribution < 1.29 is 0 Å². The second-order valence-electron chi connectivity index (χ2n) is 7.09. The fourth-order valence-electron chi connectivity index (χ4n) is 3.47. The minimum Gasteiger partial charge on any atom is -0.298 e. The van der Waals surface area contributed by atoms with Crippen molar-refractivity contribution in [3.63, 3.8) is 0 Å². The lowest BCUT2D eigenvalue weighted by atomic mass is 9.87. The summed E-state index contributed by atoms with van der Waals surface area (Å²) in [5, 5.41) is 0. The molecule has 0 bridgehead atoms. The Labute approximate surface area is 161 Å². The van der Waals surface area contributed by atoms with E-state index in [4.69, 9.17) is 0 Å². The SMILES string of the molecule is CC.CC.CC.CC(C)C1CCN(CN2CCN(C(C)C)CC2)CC1. The van der Waals surface area contributed by atoms with E-state index >= 15 is 0 Å². The van der Waals surface area contributed by atoms with Gasteiger partial charge < -0.3 is 0 Å². The third-order valence-corrected chi connectivity index (χ3v) is 5.11. The highest BCUT2D eigenvalue weighted by molar-refractivity contribution is 4.77. The van der Waals surface area contributed by atoms with Gasteiger partial charge in [0.15, 0.2) is 0 Å². The molecule has 2 heterocycles. The van der Waals surface area contributed by atoms with Crippen LogP contribution in [0.4, 0.5) is 0 Å². The summed E-state index contributed by atoms with van der Waals surface area (Å²) in [4.78, 5) is 7.92. The minimum absolute atomic E-state index is 0.712. The maximum atomic E-state index is 2.67. The van der Waals surface area contributed by atoms with Gasteiger partial charge in [-0.2, -0.15) is 0 Å². The van der Waals surface area contributed by atoms with Gasteiger partial charge in [0.05, 0.1) is 6.67 Å². The third kappa shape index (κ3) is 11.2. The molecule has 154 valence electrons. The lowest BCUT2D eigenvalue weighted by molar-refractivity contribution is 0.0426. The van der Waals surface area contributed by atoms with Crippen LogP contribution in [-0.2, 0) is 0 Å². The van der Waals surface area contributed by atoms with Crippen LogP contribution in [0.3, 0.4) is 0 Å². The molecule has 3 heteroatoms. The van der Waals surface area contributed by atoms with Crippen molar-refractivity contribution in [2.45, 2.75) is 88.1 Å². The maximum absolute atomic E-state index is 2.67. The Morgan fingerprint density at radius 2 is 1.04 bits per heavy atom. The summed E-state index contributed by atoms with van der Waals surface area (Å²) < 4.78 is 0. The van der Waals surface area contributed by atoms with Crippen molar-refractivity contribution >= 4 is 0 Å². The molecule has 3 nitrogen and oxygen atoms in total. The average molecular weight is 358 g/mol. The molecule has 0 atom stereocenters. The minimum atomic E-state index is 0.712. The van der Waals surface area contributed by atoms with Crippen LogP contribution in [0, 0.1) is 11.8 Å². The topological polar surface area (TPSA) is 9.72 Å². The largest absolute Gasteiger partial charge is 0.298 e. The summed E-state index contributed by atoms with van der Waals surface area (Å²) >= 11 is 0. The van der Waals surface area contributed by atoms with Gasteiger partial charge in [-0.15, -0.1) is 0 Å². The van der Waals surface area contributed by atoms with Gasteiger partial charge >= 0.3 is 0 Å². The summed E-state index contributed by atoms with van der Waals surface area (Å²) in [6, 6.07) is 0.712. The summed E-state index contributed by atoms with van der Waals surface area (Å²) in [6.45, 7) is 30.2. The molecule has 0 amide bonds. The van der Waals surface area contributed by atoms with E-state index in [-0.39, 0.29) is 0 Å². The number of nitrogens with zero attached hydrogens (tertiary/aromatic N) is 3. The van der Waals surface area contributed by atoms with Gasteiger partial charge in [-0.05, 0) is 51.6 Å². The zero-order chi connectivity index (χ0) is 19.8. The molecule has 2 rings (SSSR count). The highest BCUT2D eigenvalue weighted by Gasteiger charge is 2.24. The molecule has 2 saturated heterocycles. The molecule has 0 N–H and O–H groups in total. The first-order valence-electron chi connectivity index (χ1n) is 11.2. The van der Waals surface area contributed by atoms with E-state index in [9.17, 15) is 0 Å². The molecule has 0 aromatic heterocycles. The molecule has 25 heavy (non-hydrogen) atoms. The highest BCUT2D eigenvalue weighted by Crippen LogP contribution is 2.24. The molecule has 0 aliphatic carbocycles. The number of likely N-dealkylation sites (tertiary alicyclic amines) is 1. The molecule has 2 aliphatic heterocycles. The number of piperidine rings is 1. The van der Waals surface area contributed by atoms with Gasteiger partial charge in [0.25, 0.3) is 0 Å². The maximum Gasteiger partial charge on any atom is 0.0507 e. The average Bonchev–Trinajstić information content (AvgIpc) is 2.67. The van der Waals surface area contributed by atoms with E-state index in [1.807, 2.05) is 41.5 Å². The second-order valence-corrected chi connectivity index (χ2v) is 7.09. The highest BCUT2D eigenvalue weighted by atomic mass is 15.4. The van der Waals surface area contributed by atoms with E-state index in [0.29, 0.717) is 6.04 Å². The second kappa shape index (κ2) is 17.3. The van der Waals surface area contributed by atoms with E-state index in [1.54, 1.807) is 0 Å². The zero-order valence-corrected chi connectivity index (χ0v) is 19.4. The monoisotopic (exact) mass is 357 g/mol. The van der Waals surface area contributed by atoms with Crippen LogP contribution in [0.5, 0.6) is 0 Å². The first-order valence-corrected chi connectivity index (χ1v) is 11.2. The van der Waals surface area contributed by atoms with Crippen LogP contribution in [0.15, 0.2) is 0 Å². The lowest BCUT2D eigenvalue weighted by Crippen LogP contribution is -2.52. The fourth-order valence-corrected chi connectivity index (χ4v) is 3.47. The smallest absolute Gasteiger partial charge is 0.0507 e. The van der Waals surface area contributed by atoms with Crippen LogP contribution in [0.2, 0.25) is 0 Å². The van der Waals surface area contributed by atoms with Crippen molar-refractivity contribution in [2.75, 3.05) is 45.9 Å². The quantitative estimate of drug-likeness (QED) is 0.665. The summed E-state index contributed by atoms with van der Waals surface area (Å²) in [5.41, 5.74) is 0. The standard InChI is InChI=1S/C16H33N3.3C2H6/c1-14(2)16-5-7-17(8-6-16)13-18-9-11-19(12-10-18)15(3)4;3*1-2/h14-16H,5-13H2,1-4H3;3*1-2H3. The van der Waals surface area contributed by atoms with Crippen molar-refractivity contribution in [1.82, 2.24) is 14.7 Å². The van der Waals surface area contributed by atoms with E-state index < -0.39 is 0 Å². The number of rotatable bonds is 4. The van der Waals surface area contributed by atoms with Crippen LogP contribution < -0.4 is 0 Å². The Kier molecular flexibility index (Phi) is 18.8. The molecule has 0 unspecified atom stereocenters. The zero-order valence-electron chi connectivity index (χ0n) is 19.4. The fraction of sp³-hybridized carbons (Fsp3) is 1.00. The summed E-state index contributed by atoms with van der Waals surface area (Å²) in [6.07, 6.45) is 2.81. The predicted molar refractivity (Wildman–Crippen MR) is 116 cm³/mol. The van der Waals surface area contributed by atoms with Crippen molar-refractivity contribution in [3.05, 3.63) is 0 Å². The van der Waals surface area contributed by atoms with Crippen LogP contribution in [0.1, 0.15) is 82.1 Å². The molecule has 0 radical (unpaired) electrons. The molecule has 0 aromatic carbocycles. The van der Waals surface area contributed by atoms with Crippen LogP contribution in [-0.4, -0.2) is 66.7 Å². The van der Waals surface area contributed by atoms with Crippen molar-refractivity contribution in [1.29, 1.82) is 0 Å². The Hall–Kier alpha value is -0.120. The van der Waals surface area contributed by atoms with Crippen molar-refractivity contribution in [3.8, 4) is 0 Å². The van der Waals surface area contributed by atoms with E-state index in [1.165, 1.54) is 58.8 Å². The van der Waals surface area contributed by atoms with E-state index in [2.05, 4.69) is 42.4 Å². The molecule has 2 aliphatic rings. The Morgan fingerprint density at radius 1 is 0.640 bits per heavy atom. The van der Waals surface area contributed by atoms with E-state index in [0.717, 1.165) is 11.8 Å². The number of hydrogen-bond acceptors (Lipinski definition) is 3. The Bertz CT molecular complexity index is 224. The first-order chi connectivity index (χ1) is 12.1. The van der Waals surface area contributed by atoms with Crippen molar-refractivity contribution in [2.24, 2.45) is 11.8 Å². The lowest BCUT2D eigenvalue weighted by Gasteiger charge is -2.41. The van der Waals surface area contributed by atoms with Gasteiger partial charge in [-0.3, -0.25) is 14.7 Å². The van der Waals surface area contributed by atoms with Crippen LogP contribution in [0.25, 0.3) is 0 Å². The van der Waals surface area contributed by atoms with Gasteiger partial charge in [-0.25, -0.2) is 0 Å². The molecule has 0 spiro atoms. The van der Waals surface area contributed by atoms with Gasteiger partial charge in [0.2, 0.25) is 0 Å². The molecule has 0 saturated carbocycles. The predicted octanol–water partition coefficient (Wildman–Crippen LogP) is 5.42. The molecule has 2 fully saturated rings. The Balaban J connectivity index is 0. The van der Waals surface area contributed by atoms with Gasteiger partial charge in [0, 0.05) is 32.2 Å². The third-order valence-electron chi connectivity index (χ3n) is 5.11. The number of piperazine rings is 1. The van der Waals surface area contributed by atoms with Gasteiger partial charge in [-0.1, -0.05) is 55.4 Å². The Morgan fingerprint density at radius 3 is 1.40 bits per heavy atom.